The molecule has 0 aliphatic rings. The highest BCUT2D eigenvalue weighted by molar-refractivity contribution is 7.98. The molecule has 0 atom stereocenters. The lowest BCUT2D eigenvalue weighted by Crippen LogP contribution is -1.86. The van der Waals surface area contributed by atoms with E-state index in [0.29, 0.717) is 5.75 Å². The maximum Gasteiger partial charge on any atom is 0.123 e. The monoisotopic (exact) mass is 280 g/mol. The van der Waals surface area contributed by atoms with E-state index in [-0.39, 0.29) is 0 Å². The molecule has 20 heavy (non-hydrogen) atoms. The average molecular weight is 280 g/mol. The van der Waals surface area contributed by atoms with E-state index in [4.69, 9.17) is 0 Å². The smallest absolute Gasteiger partial charge is 0.123 e. The highest BCUT2D eigenvalue weighted by Gasteiger charge is 2.06. The lowest BCUT2D eigenvalue weighted by Gasteiger charge is -2.09. The summed E-state index contributed by atoms with van der Waals surface area (Å²) in [6.07, 6.45) is 0. The molecular formula is C18H16OS. The Kier molecular flexibility index (Phi) is 3.66. The molecular weight excluding hydrogens is 264 g/mol. The van der Waals surface area contributed by atoms with Crippen LogP contribution in [0.2, 0.25) is 0 Å². The molecule has 3 aromatic rings. The van der Waals surface area contributed by atoms with Crippen LogP contribution in [-0.2, 0) is 5.75 Å². The first-order valence-corrected chi connectivity index (χ1v) is 7.62. The molecule has 0 aliphatic heterocycles. The maximum atomic E-state index is 9.92. The van der Waals surface area contributed by atoms with Crippen molar-refractivity contribution >= 4 is 22.5 Å². The summed E-state index contributed by atoms with van der Waals surface area (Å²) in [6.45, 7) is 2.14. The van der Waals surface area contributed by atoms with Gasteiger partial charge >= 0.3 is 0 Å². The maximum absolute atomic E-state index is 9.92. The first kappa shape index (κ1) is 13.1. The SMILES string of the molecule is Cc1ccccc1CSc1ccc(O)c2ccccc12. The molecule has 3 rings (SSSR count). The van der Waals surface area contributed by atoms with Gasteiger partial charge in [0, 0.05) is 16.0 Å². The largest absolute Gasteiger partial charge is 0.507 e. The van der Waals surface area contributed by atoms with Crippen molar-refractivity contribution in [2.75, 3.05) is 0 Å². The molecule has 1 nitrogen and oxygen atoms in total. The van der Waals surface area contributed by atoms with Gasteiger partial charge in [-0.1, -0.05) is 48.5 Å². The van der Waals surface area contributed by atoms with Crippen molar-refractivity contribution in [3.8, 4) is 5.75 Å². The van der Waals surface area contributed by atoms with Gasteiger partial charge in [-0.15, -0.1) is 11.8 Å². The summed E-state index contributed by atoms with van der Waals surface area (Å²) in [5.41, 5.74) is 2.68. The minimum absolute atomic E-state index is 0.348. The molecule has 0 unspecified atom stereocenters. The number of hydrogen-bond acceptors (Lipinski definition) is 2. The van der Waals surface area contributed by atoms with Crippen LogP contribution in [0.3, 0.4) is 0 Å². The molecule has 0 fully saturated rings. The molecule has 0 saturated carbocycles. The molecule has 1 N–H and O–H groups in total. The van der Waals surface area contributed by atoms with Gasteiger partial charge in [-0.3, -0.25) is 0 Å². The zero-order chi connectivity index (χ0) is 13.9. The van der Waals surface area contributed by atoms with Crippen molar-refractivity contribution in [1.82, 2.24) is 0 Å². The number of rotatable bonds is 3. The second kappa shape index (κ2) is 5.59. The highest BCUT2D eigenvalue weighted by Crippen LogP contribution is 2.34. The van der Waals surface area contributed by atoms with E-state index in [1.54, 1.807) is 6.07 Å². The minimum atomic E-state index is 0.348. The van der Waals surface area contributed by atoms with E-state index >= 15 is 0 Å². The molecule has 0 spiro atoms. The predicted molar refractivity (Wildman–Crippen MR) is 86.4 cm³/mol. The van der Waals surface area contributed by atoms with Crippen molar-refractivity contribution in [1.29, 1.82) is 0 Å². The summed E-state index contributed by atoms with van der Waals surface area (Å²) in [5, 5.41) is 12.0. The van der Waals surface area contributed by atoms with Gasteiger partial charge in [0.25, 0.3) is 0 Å². The van der Waals surface area contributed by atoms with Crippen LogP contribution in [0, 0.1) is 6.92 Å². The van der Waals surface area contributed by atoms with Gasteiger partial charge in [-0.2, -0.15) is 0 Å². The van der Waals surface area contributed by atoms with Gasteiger partial charge in [0.05, 0.1) is 0 Å². The number of benzene rings is 3. The third-order valence-corrected chi connectivity index (χ3v) is 4.63. The van der Waals surface area contributed by atoms with E-state index < -0.39 is 0 Å². The Labute approximate surface area is 123 Å². The second-order valence-corrected chi connectivity index (χ2v) is 5.86. The van der Waals surface area contributed by atoms with Crippen molar-refractivity contribution < 1.29 is 5.11 Å². The van der Waals surface area contributed by atoms with Gasteiger partial charge in [-0.25, -0.2) is 0 Å². The predicted octanol–water partition coefficient (Wildman–Crippen LogP) is 5.15. The normalized spacial score (nSPS) is 10.8. The Morgan fingerprint density at radius 2 is 1.55 bits per heavy atom. The number of fused-ring (bicyclic) bond motifs is 1. The van der Waals surface area contributed by atoms with E-state index in [1.165, 1.54) is 16.0 Å². The van der Waals surface area contributed by atoms with Gasteiger partial charge < -0.3 is 5.11 Å². The highest BCUT2D eigenvalue weighted by atomic mass is 32.2. The summed E-state index contributed by atoms with van der Waals surface area (Å²) in [6, 6.07) is 20.2. The lowest BCUT2D eigenvalue weighted by atomic mass is 10.1. The standard InChI is InChI=1S/C18H16OS/c1-13-6-2-3-7-14(13)12-20-18-11-10-17(19)15-8-4-5-9-16(15)18/h2-11,19H,12H2,1H3. The van der Waals surface area contributed by atoms with Crippen LogP contribution in [0.1, 0.15) is 11.1 Å². The quantitative estimate of drug-likeness (QED) is 0.670. The minimum Gasteiger partial charge on any atom is -0.507 e. The molecule has 0 aromatic heterocycles. The molecule has 0 amide bonds. The third-order valence-electron chi connectivity index (χ3n) is 3.51. The van der Waals surface area contributed by atoms with E-state index in [1.807, 2.05) is 36.0 Å². The van der Waals surface area contributed by atoms with Crippen molar-refractivity contribution in [3.05, 3.63) is 71.8 Å². The average Bonchev–Trinajstić information content (AvgIpc) is 2.48. The Hall–Kier alpha value is -1.93. The van der Waals surface area contributed by atoms with Gasteiger partial charge in [0.15, 0.2) is 0 Å². The summed E-state index contributed by atoms with van der Waals surface area (Å²) in [5.74, 6) is 1.29. The van der Waals surface area contributed by atoms with Crippen LogP contribution in [0.15, 0.2) is 65.6 Å². The van der Waals surface area contributed by atoms with E-state index in [9.17, 15) is 5.11 Å². The Morgan fingerprint density at radius 3 is 2.35 bits per heavy atom. The zero-order valence-corrected chi connectivity index (χ0v) is 12.2. The molecule has 0 saturated heterocycles. The number of phenols is 1. The molecule has 3 aromatic carbocycles. The van der Waals surface area contributed by atoms with Crippen LogP contribution in [-0.4, -0.2) is 5.11 Å². The van der Waals surface area contributed by atoms with Crippen LogP contribution in [0.4, 0.5) is 0 Å². The summed E-state index contributed by atoms with van der Waals surface area (Å²) in [4.78, 5) is 1.21. The molecule has 100 valence electrons. The van der Waals surface area contributed by atoms with Crippen LogP contribution in [0.25, 0.3) is 10.8 Å². The lowest BCUT2D eigenvalue weighted by molar-refractivity contribution is 0.481. The molecule has 0 aliphatic carbocycles. The first-order valence-electron chi connectivity index (χ1n) is 6.64. The zero-order valence-electron chi connectivity index (χ0n) is 11.3. The molecule has 0 radical (unpaired) electrons. The Morgan fingerprint density at radius 1 is 0.850 bits per heavy atom. The fraction of sp³-hybridized carbons (Fsp3) is 0.111. The first-order chi connectivity index (χ1) is 9.75. The Balaban J connectivity index is 1.92. The van der Waals surface area contributed by atoms with Crippen molar-refractivity contribution in [3.63, 3.8) is 0 Å². The molecule has 0 bridgehead atoms. The molecule has 0 heterocycles. The van der Waals surface area contributed by atoms with E-state index in [2.05, 4.69) is 37.3 Å². The third kappa shape index (κ3) is 2.52. The summed E-state index contributed by atoms with van der Waals surface area (Å²) >= 11 is 1.81. The van der Waals surface area contributed by atoms with Crippen molar-refractivity contribution in [2.24, 2.45) is 0 Å². The van der Waals surface area contributed by atoms with Gasteiger partial charge in [-0.05, 0) is 35.6 Å². The van der Waals surface area contributed by atoms with Crippen molar-refractivity contribution in [2.45, 2.75) is 17.6 Å². The van der Waals surface area contributed by atoms with Gasteiger partial charge in [0.2, 0.25) is 0 Å². The van der Waals surface area contributed by atoms with Crippen LogP contribution >= 0.6 is 11.8 Å². The number of phenolic OH excluding ortho intramolecular Hbond substituents is 1. The second-order valence-electron chi connectivity index (χ2n) is 4.84. The number of aryl methyl sites for hydroxylation is 1. The van der Waals surface area contributed by atoms with Crippen LogP contribution in [0.5, 0.6) is 5.75 Å². The number of aromatic hydroxyl groups is 1. The summed E-state index contributed by atoms with van der Waals surface area (Å²) < 4.78 is 0. The van der Waals surface area contributed by atoms with Gasteiger partial charge in [0.1, 0.15) is 5.75 Å². The molecule has 2 heteroatoms. The van der Waals surface area contributed by atoms with E-state index in [0.717, 1.165) is 16.5 Å². The summed E-state index contributed by atoms with van der Waals surface area (Å²) in [7, 11) is 0. The fourth-order valence-electron chi connectivity index (χ4n) is 2.31. The number of thioether (sulfide) groups is 1. The topological polar surface area (TPSA) is 20.2 Å². The Bertz CT molecular complexity index is 749. The number of hydrogen-bond donors (Lipinski definition) is 1. The fourth-order valence-corrected chi connectivity index (χ4v) is 3.44. The van der Waals surface area contributed by atoms with Crippen LogP contribution < -0.4 is 0 Å².